The van der Waals surface area contributed by atoms with E-state index < -0.39 is 7.26 Å². The first-order chi connectivity index (χ1) is 15.1. The fourth-order valence-corrected chi connectivity index (χ4v) is 9.52. The molecule has 0 fully saturated rings. The summed E-state index contributed by atoms with van der Waals surface area (Å²) >= 11 is 0. The third-order valence-electron chi connectivity index (χ3n) is 6.18. The van der Waals surface area contributed by atoms with E-state index in [0.717, 1.165) is 6.42 Å². The van der Waals surface area contributed by atoms with Gasteiger partial charge in [-0.3, -0.25) is 0 Å². The second-order valence-corrected chi connectivity index (χ2v) is 12.5. The van der Waals surface area contributed by atoms with Gasteiger partial charge >= 0.3 is 0 Å². The van der Waals surface area contributed by atoms with Crippen molar-refractivity contribution in [2.45, 2.75) is 32.9 Å². The van der Waals surface area contributed by atoms with Crippen LogP contribution in [-0.4, -0.2) is 0 Å². The molecule has 0 saturated heterocycles. The minimum Gasteiger partial charge on any atom is -0.0625 e. The summed E-state index contributed by atoms with van der Waals surface area (Å²) in [7, 11) is -1.91. The molecule has 0 N–H and O–H groups in total. The van der Waals surface area contributed by atoms with Crippen LogP contribution in [0.2, 0.25) is 0 Å². The summed E-state index contributed by atoms with van der Waals surface area (Å²) in [5.74, 6) is 0.674. The van der Waals surface area contributed by atoms with E-state index in [0.29, 0.717) is 11.6 Å². The molecular formula is C30H32P+. The molecule has 156 valence electrons. The topological polar surface area (TPSA) is 0 Å². The summed E-state index contributed by atoms with van der Waals surface area (Å²) in [5, 5.41) is 4.31. The van der Waals surface area contributed by atoms with Gasteiger partial charge in [0.15, 0.2) is 0 Å². The lowest BCUT2D eigenvalue weighted by Gasteiger charge is -2.33. The van der Waals surface area contributed by atoms with Gasteiger partial charge < -0.3 is 0 Å². The lowest BCUT2D eigenvalue weighted by molar-refractivity contribution is 0.647. The smallest absolute Gasteiger partial charge is 0.0625 e. The van der Waals surface area contributed by atoms with Crippen LogP contribution in [-0.2, 0) is 6.42 Å². The number of rotatable bonds is 7. The minimum absolute atomic E-state index is 0.368. The van der Waals surface area contributed by atoms with Crippen LogP contribution in [0.4, 0.5) is 0 Å². The van der Waals surface area contributed by atoms with E-state index in [1.54, 1.807) is 0 Å². The monoisotopic (exact) mass is 423 g/mol. The Labute approximate surface area is 188 Å². The van der Waals surface area contributed by atoms with E-state index in [2.05, 4.69) is 136 Å². The Balaban J connectivity index is 1.94. The largest absolute Gasteiger partial charge is 0.119 e. The second-order valence-electron chi connectivity index (χ2n) is 8.74. The van der Waals surface area contributed by atoms with Gasteiger partial charge in [0.2, 0.25) is 0 Å². The van der Waals surface area contributed by atoms with Crippen molar-refractivity contribution in [2.24, 2.45) is 5.92 Å². The van der Waals surface area contributed by atoms with Crippen molar-refractivity contribution < 1.29 is 0 Å². The highest BCUT2D eigenvalue weighted by Crippen LogP contribution is 2.66. The lowest BCUT2D eigenvalue weighted by atomic mass is 10.0. The van der Waals surface area contributed by atoms with Crippen molar-refractivity contribution in [1.82, 2.24) is 0 Å². The van der Waals surface area contributed by atoms with Gasteiger partial charge in [0, 0.05) is 0 Å². The Bertz CT molecular complexity index is 971. The van der Waals surface area contributed by atoms with E-state index in [4.69, 9.17) is 0 Å². The highest BCUT2D eigenvalue weighted by atomic mass is 31.2. The molecule has 0 radical (unpaired) electrons. The zero-order valence-corrected chi connectivity index (χ0v) is 19.7. The summed E-state index contributed by atoms with van der Waals surface area (Å²) < 4.78 is 0. The first-order valence-electron chi connectivity index (χ1n) is 11.3. The van der Waals surface area contributed by atoms with Crippen LogP contribution < -0.4 is 15.9 Å². The number of benzene rings is 4. The van der Waals surface area contributed by atoms with Crippen LogP contribution in [0.3, 0.4) is 0 Å². The van der Waals surface area contributed by atoms with Gasteiger partial charge in [0.25, 0.3) is 0 Å². The molecule has 1 unspecified atom stereocenters. The van der Waals surface area contributed by atoms with Gasteiger partial charge in [0.05, 0.1) is 0 Å². The predicted molar refractivity (Wildman–Crippen MR) is 139 cm³/mol. The molecule has 0 heterocycles. The van der Waals surface area contributed by atoms with E-state index in [9.17, 15) is 0 Å². The molecule has 1 heteroatoms. The fourth-order valence-electron chi connectivity index (χ4n) is 4.73. The van der Waals surface area contributed by atoms with E-state index >= 15 is 0 Å². The highest BCUT2D eigenvalue weighted by Gasteiger charge is 2.50. The first-order valence-corrected chi connectivity index (χ1v) is 13.1. The Kier molecular flexibility index (Phi) is 6.69. The van der Waals surface area contributed by atoms with Crippen LogP contribution >= 0.6 is 7.26 Å². The van der Waals surface area contributed by atoms with Crippen LogP contribution in [0.25, 0.3) is 0 Å². The lowest BCUT2D eigenvalue weighted by Crippen LogP contribution is -2.34. The quantitative estimate of drug-likeness (QED) is 0.282. The molecule has 4 aromatic rings. The minimum atomic E-state index is -1.91. The van der Waals surface area contributed by atoms with Crippen molar-refractivity contribution in [3.05, 3.63) is 126 Å². The SMILES string of the molecule is CC(C)Cc1ccc(C(C)[P+](c2ccccc2)(c2ccccc2)c2ccccc2)cc1. The molecule has 1 atom stereocenters. The molecule has 4 rings (SSSR count). The average Bonchev–Trinajstić information content (AvgIpc) is 2.82. The molecule has 0 bridgehead atoms. The van der Waals surface area contributed by atoms with Crippen LogP contribution in [0, 0.1) is 5.92 Å². The Morgan fingerprint density at radius 1 is 0.516 bits per heavy atom. The van der Waals surface area contributed by atoms with Crippen molar-refractivity contribution in [1.29, 1.82) is 0 Å². The van der Waals surface area contributed by atoms with E-state index in [-0.39, 0.29) is 0 Å². The zero-order valence-electron chi connectivity index (χ0n) is 18.8. The molecule has 0 aliphatic carbocycles. The molecule has 0 nitrogen and oxygen atoms in total. The molecule has 4 aromatic carbocycles. The summed E-state index contributed by atoms with van der Waals surface area (Å²) in [6, 6.07) is 42.9. The maximum atomic E-state index is 2.43. The molecule has 0 spiro atoms. The van der Waals surface area contributed by atoms with Gasteiger partial charge in [0.1, 0.15) is 28.8 Å². The summed E-state index contributed by atoms with van der Waals surface area (Å²) in [4.78, 5) is 0. The zero-order chi connectivity index (χ0) is 21.7. The van der Waals surface area contributed by atoms with Crippen molar-refractivity contribution in [3.63, 3.8) is 0 Å². The third-order valence-corrected chi connectivity index (χ3v) is 11.0. The van der Waals surface area contributed by atoms with Gasteiger partial charge in [-0.15, -0.1) is 0 Å². The van der Waals surface area contributed by atoms with Crippen LogP contribution in [0.15, 0.2) is 115 Å². The Morgan fingerprint density at radius 3 is 1.26 bits per heavy atom. The molecular weight excluding hydrogens is 391 g/mol. The summed E-state index contributed by atoms with van der Waals surface area (Å²) in [6.45, 7) is 7.00. The fraction of sp³-hybridized carbons (Fsp3) is 0.200. The number of hydrogen-bond donors (Lipinski definition) is 0. The molecule has 0 saturated carbocycles. The van der Waals surface area contributed by atoms with Crippen molar-refractivity contribution in [3.8, 4) is 0 Å². The second kappa shape index (κ2) is 9.63. The molecule has 0 aromatic heterocycles. The van der Waals surface area contributed by atoms with Crippen molar-refractivity contribution >= 4 is 23.2 Å². The maximum absolute atomic E-state index is 2.43. The first kappa shape index (κ1) is 21.5. The third kappa shape index (κ3) is 4.36. The predicted octanol–water partition coefficient (Wildman–Crippen LogP) is 6.94. The summed E-state index contributed by atoms with van der Waals surface area (Å²) in [5.41, 5.74) is 3.21. The Morgan fingerprint density at radius 2 is 0.903 bits per heavy atom. The maximum Gasteiger partial charge on any atom is 0.119 e. The van der Waals surface area contributed by atoms with E-state index in [1.165, 1.54) is 27.0 Å². The molecule has 0 aliphatic rings. The average molecular weight is 424 g/mol. The van der Waals surface area contributed by atoms with Crippen LogP contribution in [0.1, 0.15) is 37.6 Å². The molecule has 0 amide bonds. The van der Waals surface area contributed by atoms with Gasteiger partial charge in [-0.25, -0.2) is 0 Å². The summed E-state index contributed by atoms with van der Waals surface area (Å²) in [6.07, 6.45) is 1.13. The molecule has 31 heavy (non-hydrogen) atoms. The van der Waals surface area contributed by atoms with Crippen molar-refractivity contribution in [2.75, 3.05) is 0 Å². The normalized spacial score (nSPS) is 12.6. The van der Waals surface area contributed by atoms with Crippen LogP contribution in [0.5, 0.6) is 0 Å². The highest BCUT2D eigenvalue weighted by molar-refractivity contribution is 7.95. The standard InChI is InChI=1S/C30H32P/c1-24(2)23-26-19-21-27(22-20-26)25(3)31(28-13-7-4-8-14-28,29-15-9-5-10-16-29)30-17-11-6-12-18-30/h4-22,24-25H,23H2,1-3H3/q+1. The number of hydrogen-bond acceptors (Lipinski definition) is 0. The molecule has 0 aliphatic heterocycles. The van der Waals surface area contributed by atoms with Gasteiger partial charge in [-0.05, 0) is 66.8 Å². The Hall–Kier alpha value is -2.69. The van der Waals surface area contributed by atoms with E-state index in [1.807, 2.05) is 0 Å². The van der Waals surface area contributed by atoms with Gasteiger partial charge in [-0.1, -0.05) is 92.7 Å². The van der Waals surface area contributed by atoms with Gasteiger partial charge in [-0.2, -0.15) is 0 Å².